The van der Waals surface area contributed by atoms with E-state index in [9.17, 15) is 0 Å². The summed E-state index contributed by atoms with van der Waals surface area (Å²) in [6, 6.07) is 4.13. The molecule has 0 saturated heterocycles. The van der Waals surface area contributed by atoms with Gasteiger partial charge in [-0.1, -0.05) is 6.07 Å². The van der Waals surface area contributed by atoms with E-state index in [-0.39, 0.29) is 0 Å². The molecule has 0 fully saturated rings. The van der Waals surface area contributed by atoms with Crippen molar-refractivity contribution in [2.45, 2.75) is 12.8 Å². The first kappa shape index (κ1) is 9.43. The third-order valence-electron chi connectivity index (χ3n) is 1.89. The Kier molecular flexibility index (Phi) is 2.96. The fraction of sp³-hybridized carbons (Fsp3) is 0.300. The van der Waals surface area contributed by atoms with Gasteiger partial charge in [-0.05, 0) is 11.4 Å². The Bertz CT molecular complexity index is 380. The summed E-state index contributed by atoms with van der Waals surface area (Å²) < 4.78 is 5.51. The second-order valence-electron chi connectivity index (χ2n) is 3.02. The van der Waals surface area contributed by atoms with Crippen molar-refractivity contribution >= 4 is 11.3 Å². The molecule has 2 N–H and O–H groups in total. The highest BCUT2D eigenvalue weighted by Gasteiger charge is 2.04. The molecule has 2 heterocycles. The van der Waals surface area contributed by atoms with E-state index in [1.807, 2.05) is 6.07 Å². The van der Waals surface area contributed by atoms with E-state index in [4.69, 9.17) is 10.2 Å². The molecule has 2 aromatic rings. The predicted molar refractivity (Wildman–Crippen MR) is 56.4 cm³/mol. The van der Waals surface area contributed by atoms with E-state index < -0.39 is 0 Å². The molecule has 0 atom stereocenters. The Morgan fingerprint density at radius 3 is 3.14 bits per heavy atom. The van der Waals surface area contributed by atoms with E-state index in [0.29, 0.717) is 13.0 Å². The zero-order valence-electron chi connectivity index (χ0n) is 7.77. The first-order valence-corrected chi connectivity index (χ1v) is 5.42. The normalized spacial score (nSPS) is 10.6. The molecule has 14 heavy (non-hydrogen) atoms. The molecular formula is C10H12N2OS. The highest BCUT2D eigenvalue weighted by atomic mass is 32.1. The Morgan fingerprint density at radius 2 is 2.43 bits per heavy atom. The van der Waals surface area contributed by atoms with Crippen LogP contribution in [0, 0.1) is 0 Å². The average molecular weight is 208 g/mol. The van der Waals surface area contributed by atoms with Crippen LogP contribution >= 0.6 is 11.3 Å². The molecule has 3 nitrogen and oxygen atoms in total. The van der Waals surface area contributed by atoms with E-state index in [0.717, 1.165) is 18.1 Å². The van der Waals surface area contributed by atoms with Gasteiger partial charge in [0.05, 0.1) is 6.20 Å². The molecule has 0 bridgehead atoms. The molecule has 0 saturated carbocycles. The summed E-state index contributed by atoms with van der Waals surface area (Å²) in [5.41, 5.74) is 5.41. The predicted octanol–water partition coefficient (Wildman–Crippen LogP) is 1.83. The zero-order chi connectivity index (χ0) is 9.80. The maximum Gasteiger partial charge on any atom is 0.195 e. The monoisotopic (exact) mass is 208 g/mol. The summed E-state index contributed by atoms with van der Waals surface area (Å²) in [5, 5.41) is 2.06. The molecule has 0 aliphatic heterocycles. The molecule has 4 heteroatoms. The molecule has 2 rings (SSSR count). The summed E-state index contributed by atoms with van der Waals surface area (Å²) >= 11 is 1.73. The number of oxazole rings is 1. The fourth-order valence-corrected chi connectivity index (χ4v) is 1.97. The topological polar surface area (TPSA) is 52.0 Å². The van der Waals surface area contributed by atoms with Gasteiger partial charge in [0.15, 0.2) is 5.89 Å². The maximum absolute atomic E-state index is 5.51. The van der Waals surface area contributed by atoms with Gasteiger partial charge in [0.25, 0.3) is 0 Å². The standard InChI is InChI=1S/C10H12N2OS/c11-4-3-10-12-7-8(13-10)6-9-2-1-5-14-9/h1-2,5,7H,3-4,6,11H2. The van der Waals surface area contributed by atoms with E-state index in [2.05, 4.69) is 16.4 Å². The smallest absolute Gasteiger partial charge is 0.195 e. The Labute approximate surface area is 86.6 Å². The molecule has 74 valence electrons. The van der Waals surface area contributed by atoms with Crippen molar-refractivity contribution in [2.75, 3.05) is 6.54 Å². The number of nitrogens with zero attached hydrogens (tertiary/aromatic N) is 1. The van der Waals surface area contributed by atoms with Gasteiger partial charge in [-0.15, -0.1) is 11.3 Å². The van der Waals surface area contributed by atoms with E-state index in [1.165, 1.54) is 4.88 Å². The van der Waals surface area contributed by atoms with Crippen molar-refractivity contribution in [3.63, 3.8) is 0 Å². The third-order valence-corrected chi connectivity index (χ3v) is 2.76. The molecule has 0 radical (unpaired) electrons. The van der Waals surface area contributed by atoms with Crippen molar-refractivity contribution in [3.05, 3.63) is 40.2 Å². The largest absolute Gasteiger partial charge is 0.445 e. The van der Waals surface area contributed by atoms with Gasteiger partial charge in [-0.3, -0.25) is 0 Å². The first-order chi connectivity index (χ1) is 6.88. The molecule has 0 unspecified atom stereocenters. The van der Waals surface area contributed by atoms with Gasteiger partial charge in [0.2, 0.25) is 0 Å². The molecule has 0 aliphatic rings. The molecule has 2 aromatic heterocycles. The summed E-state index contributed by atoms with van der Waals surface area (Å²) in [4.78, 5) is 5.44. The highest BCUT2D eigenvalue weighted by Crippen LogP contribution is 2.15. The van der Waals surface area contributed by atoms with Crippen LogP contribution in [0.15, 0.2) is 28.1 Å². The Balaban J connectivity index is 2.03. The van der Waals surface area contributed by atoms with Crippen LogP contribution < -0.4 is 5.73 Å². The lowest BCUT2D eigenvalue weighted by Crippen LogP contribution is -2.02. The molecule has 0 amide bonds. The van der Waals surface area contributed by atoms with Crippen LogP contribution in [0.4, 0.5) is 0 Å². The second kappa shape index (κ2) is 4.39. The number of thiophene rings is 1. The Hall–Kier alpha value is -1.13. The van der Waals surface area contributed by atoms with Crippen LogP contribution in [0.1, 0.15) is 16.5 Å². The van der Waals surface area contributed by atoms with Crippen LogP contribution in [0.5, 0.6) is 0 Å². The lowest BCUT2D eigenvalue weighted by molar-refractivity contribution is 0.464. The summed E-state index contributed by atoms with van der Waals surface area (Å²) in [6.07, 6.45) is 3.32. The van der Waals surface area contributed by atoms with Crippen molar-refractivity contribution in [1.82, 2.24) is 4.98 Å². The fourth-order valence-electron chi connectivity index (χ4n) is 1.25. The highest BCUT2D eigenvalue weighted by molar-refractivity contribution is 7.09. The molecule has 0 spiro atoms. The summed E-state index contributed by atoms with van der Waals surface area (Å²) in [5.74, 6) is 1.65. The van der Waals surface area contributed by atoms with Gasteiger partial charge in [-0.2, -0.15) is 0 Å². The van der Waals surface area contributed by atoms with Crippen molar-refractivity contribution in [1.29, 1.82) is 0 Å². The van der Waals surface area contributed by atoms with Crippen molar-refractivity contribution in [2.24, 2.45) is 5.73 Å². The number of rotatable bonds is 4. The van der Waals surface area contributed by atoms with E-state index >= 15 is 0 Å². The van der Waals surface area contributed by atoms with Gasteiger partial charge in [-0.25, -0.2) is 4.98 Å². The Morgan fingerprint density at radius 1 is 1.50 bits per heavy atom. The minimum Gasteiger partial charge on any atom is -0.445 e. The zero-order valence-corrected chi connectivity index (χ0v) is 8.59. The number of nitrogens with two attached hydrogens (primary N) is 1. The van der Waals surface area contributed by atoms with Gasteiger partial charge in [0, 0.05) is 24.3 Å². The molecule has 0 aliphatic carbocycles. The summed E-state index contributed by atoms with van der Waals surface area (Å²) in [7, 11) is 0. The number of hydrogen-bond donors (Lipinski definition) is 1. The third kappa shape index (κ3) is 2.21. The summed E-state index contributed by atoms with van der Waals surface area (Å²) in [6.45, 7) is 0.582. The first-order valence-electron chi connectivity index (χ1n) is 4.54. The van der Waals surface area contributed by atoms with Gasteiger partial charge < -0.3 is 10.2 Å². The number of hydrogen-bond acceptors (Lipinski definition) is 4. The van der Waals surface area contributed by atoms with Crippen LogP contribution in [0.3, 0.4) is 0 Å². The lowest BCUT2D eigenvalue weighted by Gasteiger charge is -1.91. The molecule has 0 aromatic carbocycles. The van der Waals surface area contributed by atoms with Crippen LogP contribution in [0.2, 0.25) is 0 Å². The molecular weight excluding hydrogens is 196 g/mol. The van der Waals surface area contributed by atoms with Crippen molar-refractivity contribution < 1.29 is 4.42 Å². The number of aromatic nitrogens is 1. The second-order valence-corrected chi connectivity index (χ2v) is 4.05. The van der Waals surface area contributed by atoms with Crippen LogP contribution in [0.25, 0.3) is 0 Å². The van der Waals surface area contributed by atoms with Gasteiger partial charge >= 0.3 is 0 Å². The quantitative estimate of drug-likeness (QED) is 0.834. The minimum atomic E-state index is 0.582. The maximum atomic E-state index is 5.51. The average Bonchev–Trinajstić information content (AvgIpc) is 2.79. The SMILES string of the molecule is NCCc1ncc(Cc2cccs2)o1. The van der Waals surface area contributed by atoms with Crippen LogP contribution in [-0.4, -0.2) is 11.5 Å². The van der Waals surface area contributed by atoms with Gasteiger partial charge in [0.1, 0.15) is 5.76 Å². The van der Waals surface area contributed by atoms with E-state index in [1.54, 1.807) is 17.5 Å². The minimum absolute atomic E-state index is 0.582. The van der Waals surface area contributed by atoms with Crippen molar-refractivity contribution in [3.8, 4) is 0 Å². The van der Waals surface area contributed by atoms with Crippen LogP contribution in [-0.2, 0) is 12.8 Å². The lowest BCUT2D eigenvalue weighted by atomic mass is 10.3.